The average Bonchev–Trinajstić information content (AvgIpc) is 3.04. The molecule has 0 radical (unpaired) electrons. The fourth-order valence-electron chi connectivity index (χ4n) is 1.70. The Bertz CT molecular complexity index is 430. The van der Waals surface area contributed by atoms with Crippen molar-refractivity contribution in [2.75, 3.05) is 0 Å². The van der Waals surface area contributed by atoms with Crippen LogP contribution in [0.1, 0.15) is 24.5 Å². The van der Waals surface area contributed by atoms with E-state index < -0.39 is 0 Å². The monoisotopic (exact) mass is 214 g/mol. The Kier molecular flexibility index (Phi) is 2.91. The number of benzene rings is 1. The molecule has 1 N–H and O–H groups in total. The zero-order valence-electron chi connectivity index (χ0n) is 9.23. The molecule has 1 amide bonds. The number of hydrogen-bond acceptors (Lipinski definition) is 2. The Labute approximate surface area is 95.1 Å². The van der Waals surface area contributed by atoms with Crippen LogP contribution in [0.4, 0.5) is 0 Å². The molecule has 3 heteroatoms. The van der Waals surface area contributed by atoms with Crippen LogP contribution in [0.2, 0.25) is 0 Å². The van der Waals surface area contributed by atoms with Crippen LogP contribution in [-0.2, 0) is 11.3 Å². The molecule has 1 aliphatic rings. The molecule has 1 aliphatic carbocycles. The zero-order chi connectivity index (χ0) is 11.5. The van der Waals surface area contributed by atoms with Gasteiger partial charge in [-0.2, -0.15) is 5.26 Å². The molecule has 0 spiro atoms. The van der Waals surface area contributed by atoms with E-state index in [0.717, 1.165) is 12.0 Å². The molecule has 1 fully saturated rings. The van der Waals surface area contributed by atoms with Gasteiger partial charge in [-0.1, -0.05) is 19.1 Å². The summed E-state index contributed by atoms with van der Waals surface area (Å²) in [6.45, 7) is 2.64. The molecule has 3 nitrogen and oxygen atoms in total. The van der Waals surface area contributed by atoms with E-state index in [-0.39, 0.29) is 11.8 Å². The predicted molar refractivity (Wildman–Crippen MR) is 60.3 cm³/mol. The lowest BCUT2D eigenvalue weighted by molar-refractivity contribution is -0.122. The molecule has 0 aliphatic heterocycles. The number of carbonyl (C=O) groups is 1. The number of nitriles is 1. The third-order valence-electron chi connectivity index (χ3n) is 3.00. The molecular formula is C13H14N2O. The first-order chi connectivity index (χ1) is 7.70. The van der Waals surface area contributed by atoms with Crippen molar-refractivity contribution in [1.82, 2.24) is 5.32 Å². The smallest absolute Gasteiger partial charge is 0.223 e. The van der Waals surface area contributed by atoms with Crippen LogP contribution in [0.3, 0.4) is 0 Å². The van der Waals surface area contributed by atoms with Gasteiger partial charge in [0.1, 0.15) is 0 Å². The van der Waals surface area contributed by atoms with Gasteiger partial charge in [-0.15, -0.1) is 0 Å². The van der Waals surface area contributed by atoms with Crippen molar-refractivity contribution in [3.8, 4) is 6.07 Å². The standard InChI is InChI=1S/C13H14N2O/c1-9-6-12(9)13(16)15-8-11-4-2-10(7-14)3-5-11/h2-5,9,12H,6,8H2,1H3,(H,15,16). The van der Waals surface area contributed by atoms with Crippen LogP contribution >= 0.6 is 0 Å². The van der Waals surface area contributed by atoms with Crippen molar-refractivity contribution in [3.63, 3.8) is 0 Å². The number of carbonyl (C=O) groups excluding carboxylic acids is 1. The van der Waals surface area contributed by atoms with E-state index in [1.54, 1.807) is 12.1 Å². The molecule has 2 unspecified atom stereocenters. The SMILES string of the molecule is CC1CC1C(=O)NCc1ccc(C#N)cc1. The summed E-state index contributed by atoms with van der Waals surface area (Å²) in [7, 11) is 0. The van der Waals surface area contributed by atoms with Gasteiger partial charge in [-0.3, -0.25) is 4.79 Å². The number of hydrogen-bond donors (Lipinski definition) is 1. The van der Waals surface area contributed by atoms with E-state index in [4.69, 9.17) is 5.26 Å². The maximum absolute atomic E-state index is 11.5. The van der Waals surface area contributed by atoms with Gasteiger partial charge in [0.25, 0.3) is 0 Å². The first kappa shape index (κ1) is 10.7. The molecule has 2 atom stereocenters. The molecule has 0 heterocycles. The van der Waals surface area contributed by atoms with Crippen LogP contribution in [0, 0.1) is 23.2 Å². The summed E-state index contributed by atoms with van der Waals surface area (Å²) in [5, 5.41) is 11.5. The highest BCUT2D eigenvalue weighted by Gasteiger charge is 2.38. The van der Waals surface area contributed by atoms with Gasteiger partial charge >= 0.3 is 0 Å². The van der Waals surface area contributed by atoms with Crippen molar-refractivity contribution in [3.05, 3.63) is 35.4 Å². The van der Waals surface area contributed by atoms with Gasteiger partial charge in [0.2, 0.25) is 5.91 Å². The van der Waals surface area contributed by atoms with E-state index in [2.05, 4.69) is 18.3 Å². The Balaban J connectivity index is 1.85. The summed E-state index contributed by atoms with van der Waals surface area (Å²) in [5.41, 5.74) is 1.67. The van der Waals surface area contributed by atoms with Gasteiger partial charge in [0, 0.05) is 12.5 Å². The summed E-state index contributed by atoms with van der Waals surface area (Å²) in [6.07, 6.45) is 1.01. The van der Waals surface area contributed by atoms with Crippen molar-refractivity contribution in [1.29, 1.82) is 5.26 Å². The summed E-state index contributed by atoms with van der Waals surface area (Å²) in [6, 6.07) is 9.34. The number of nitrogens with one attached hydrogen (secondary N) is 1. The molecule has 2 rings (SSSR count). The summed E-state index contributed by atoms with van der Waals surface area (Å²) in [5.74, 6) is 0.913. The summed E-state index contributed by atoms with van der Waals surface area (Å²) < 4.78 is 0. The third-order valence-corrected chi connectivity index (χ3v) is 3.00. The van der Waals surface area contributed by atoms with Crippen molar-refractivity contribution >= 4 is 5.91 Å². The van der Waals surface area contributed by atoms with E-state index >= 15 is 0 Å². The second-order valence-corrected chi connectivity index (χ2v) is 4.35. The van der Waals surface area contributed by atoms with Gasteiger partial charge in [-0.25, -0.2) is 0 Å². The first-order valence-electron chi connectivity index (χ1n) is 5.47. The minimum atomic E-state index is 0.150. The van der Waals surface area contributed by atoms with Crippen LogP contribution in [0.5, 0.6) is 0 Å². The lowest BCUT2D eigenvalue weighted by Crippen LogP contribution is -2.24. The zero-order valence-corrected chi connectivity index (χ0v) is 9.23. The number of amides is 1. The molecule has 1 aromatic rings. The van der Waals surface area contributed by atoms with Gasteiger partial charge in [0.15, 0.2) is 0 Å². The molecule has 0 aromatic heterocycles. The lowest BCUT2D eigenvalue weighted by atomic mass is 10.1. The second kappa shape index (κ2) is 4.36. The Hall–Kier alpha value is -1.82. The van der Waals surface area contributed by atoms with Crippen LogP contribution in [-0.4, -0.2) is 5.91 Å². The van der Waals surface area contributed by atoms with Gasteiger partial charge in [-0.05, 0) is 30.0 Å². The van der Waals surface area contributed by atoms with Crippen molar-refractivity contribution in [2.24, 2.45) is 11.8 Å². The highest BCUT2D eigenvalue weighted by Crippen LogP contribution is 2.37. The first-order valence-corrected chi connectivity index (χ1v) is 5.47. The maximum atomic E-state index is 11.5. The highest BCUT2D eigenvalue weighted by atomic mass is 16.2. The predicted octanol–water partition coefficient (Wildman–Crippen LogP) is 1.83. The fraction of sp³-hybridized carbons (Fsp3) is 0.385. The molecule has 82 valence electrons. The Morgan fingerprint density at radius 3 is 2.62 bits per heavy atom. The van der Waals surface area contributed by atoms with Gasteiger partial charge < -0.3 is 5.32 Å². The van der Waals surface area contributed by atoms with Crippen LogP contribution in [0.25, 0.3) is 0 Å². The van der Waals surface area contributed by atoms with E-state index in [0.29, 0.717) is 18.0 Å². The Morgan fingerprint density at radius 1 is 1.50 bits per heavy atom. The number of rotatable bonds is 3. The average molecular weight is 214 g/mol. The second-order valence-electron chi connectivity index (χ2n) is 4.35. The molecule has 0 saturated heterocycles. The molecule has 0 bridgehead atoms. The molecule has 16 heavy (non-hydrogen) atoms. The van der Waals surface area contributed by atoms with E-state index in [9.17, 15) is 4.79 Å². The third kappa shape index (κ3) is 2.40. The van der Waals surface area contributed by atoms with Crippen molar-refractivity contribution in [2.45, 2.75) is 19.9 Å². The molecule has 1 saturated carbocycles. The van der Waals surface area contributed by atoms with Crippen molar-refractivity contribution < 1.29 is 4.79 Å². The van der Waals surface area contributed by atoms with Crippen LogP contribution < -0.4 is 5.32 Å². The normalized spacial score (nSPS) is 22.2. The van der Waals surface area contributed by atoms with Gasteiger partial charge in [0.05, 0.1) is 11.6 Å². The minimum Gasteiger partial charge on any atom is -0.352 e. The largest absolute Gasteiger partial charge is 0.352 e. The minimum absolute atomic E-state index is 0.150. The van der Waals surface area contributed by atoms with E-state index in [1.165, 1.54) is 0 Å². The molecule has 1 aromatic carbocycles. The maximum Gasteiger partial charge on any atom is 0.223 e. The topological polar surface area (TPSA) is 52.9 Å². The summed E-state index contributed by atoms with van der Waals surface area (Å²) in [4.78, 5) is 11.5. The Morgan fingerprint density at radius 2 is 2.12 bits per heavy atom. The quantitative estimate of drug-likeness (QED) is 0.834. The lowest BCUT2D eigenvalue weighted by Gasteiger charge is -2.04. The molecular weight excluding hydrogens is 200 g/mol. The fourth-order valence-corrected chi connectivity index (χ4v) is 1.70. The van der Waals surface area contributed by atoms with Crippen LogP contribution in [0.15, 0.2) is 24.3 Å². The highest BCUT2D eigenvalue weighted by molar-refractivity contribution is 5.81. The van der Waals surface area contributed by atoms with E-state index in [1.807, 2.05) is 12.1 Å². The number of nitrogens with zero attached hydrogens (tertiary/aromatic N) is 1. The summed E-state index contributed by atoms with van der Waals surface area (Å²) >= 11 is 0.